The summed E-state index contributed by atoms with van der Waals surface area (Å²) >= 11 is 1.56. The van der Waals surface area contributed by atoms with Crippen LogP contribution in [0.2, 0.25) is 0 Å². The van der Waals surface area contributed by atoms with Crippen molar-refractivity contribution in [3.63, 3.8) is 0 Å². The molecule has 150 valence electrons. The molecule has 1 atom stereocenters. The van der Waals surface area contributed by atoms with E-state index in [1.807, 2.05) is 34.2 Å². The van der Waals surface area contributed by atoms with Gasteiger partial charge in [0.25, 0.3) is 5.91 Å². The lowest BCUT2D eigenvalue weighted by Gasteiger charge is -2.16. The molecule has 2 aromatic heterocycles. The van der Waals surface area contributed by atoms with Crippen LogP contribution in [0.3, 0.4) is 0 Å². The normalized spacial score (nSPS) is 16.3. The molecular formula is C20H27N5O2S. The Hall–Kier alpha value is -2.35. The average Bonchev–Trinajstić information content (AvgIpc) is 3.37. The molecular weight excluding hydrogens is 374 g/mol. The standard InChI is InChI=1S/C20H27N5O2S/c1-28-14-19(26)25-7-3-16(13-25)9-17-10-18(12-22-11-17)20(27)23-4-2-6-24-8-5-21-15-24/h5,8,10-12,15-16H,2-4,6-7,9,13-14H2,1H3,(H,23,27). The molecule has 3 rings (SSSR count). The van der Waals surface area contributed by atoms with Crippen molar-refractivity contribution in [2.24, 2.45) is 5.92 Å². The zero-order chi connectivity index (χ0) is 19.8. The summed E-state index contributed by atoms with van der Waals surface area (Å²) in [7, 11) is 0. The molecule has 0 aliphatic carbocycles. The van der Waals surface area contributed by atoms with Gasteiger partial charge in [-0.25, -0.2) is 4.98 Å². The van der Waals surface area contributed by atoms with Gasteiger partial charge in [-0.1, -0.05) is 0 Å². The predicted octanol–water partition coefficient (Wildman–Crippen LogP) is 1.85. The fourth-order valence-corrected chi connectivity index (χ4v) is 3.91. The second kappa shape index (κ2) is 10.3. The molecule has 2 amide bonds. The van der Waals surface area contributed by atoms with Crippen molar-refractivity contribution >= 4 is 23.6 Å². The van der Waals surface area contributed by atoms with E-state index in [2.05, 4.69) is 15.3 Å². The Bertz CT molecular complexity index is 781. The van der Waals surface area contributed by atoms with E-state index < -0.39 is 0 Å². The zero-order valence-electron chi connectivity index (χ0n) is 16.2. The summed E-state index contributed by atoms with van der Waals surface area (Å²) in [6.07, 6.45) is 13.5. The highest BCUT2D eigenvalue weighted by atomic mass is 32.2. The third-order valence-electron chi connectivity index (χ3n) is 4.93. The zero-order valence-corrected chi connectivity index (χ0v) is 17.0. The number of hydrogen-bond donors (Lipinski definition) is 1. The summed E-state index contributed by atoms with van der Waals surface area (Å²) in [4.78, 5) is 34.6. The summed E-state index contributed by atoms with van der Waals surface area (Å²) in [5.41, 5.74) is 1.64. The van der Waals surface area contributed by atoms with Gasteiger partial charge in [-0.15, -0.1) is 0 Å². The molecule has 1 N–H and O–H groups in total. The average molecular weight is 402 g/mol. The number of likely N-dealkylation sites (tertiary alicyclic amines) is 1. The minimum absolute atomic E-state index is 0.0943. The largest absolute Gasteiger partial charge is 0.352 e. The second-order valence-electron chi connectivity index (χ2n) is 7.12. The smallest absolute Gasteiger partial charge is 0.252 e. The van der Waals surface area contributed by atoms with E-state index in [9.17, 15) is 9.59 Å². The summed E-state index contributed by atoms with van der Waals surface area (Å²) in [6, 6.07) is 1.92. The molecule has 7 nitrogen and oxygen atoms in total. The first kappa shape index (κ1) is 20.4. The van der Waals surface area contributed by atoms with Gasteiger partial charge < -0.3 is 14.8 Å². The summed E-state index contributed by atoms with van der Waals surface area (Å²) in [5.74, 6) is 1.10. The van der Waals surface area contributed by atoms with Crippen molar-refractivity contribution in [3.05, 3.63) is 48.3 Å². The number of hydrogen-bond acceptors (Lipinski definition) is 5. The van der Waals surface area contributed by atoms with Gasteiger partial charge >= 0.3 is 0 Å². The van der Waals surface area contributed by atoms with E-state index in [0.29, 0.717) is 23.8 Å². The summed E-state index contributed by atoms with van der Waals surface area (Å²) in [5, 5.41) is 2.95. The molecule has 2 aromatic rings. The van der Waals surface area contributed by atoms with Crippen LogP contribution in [0.4, 0.5) is 0 Å². The van der Waals surface area contributed by atoms with Crippen LogP contribution in [-0.4, -0.2) is 62.9 Å². The Morgan fingerprint density at radius 2 is 2.21 bits per heavy atom. The highest BCUT2D eigenvalue weighted by Gasteiger charge is 2.26. The van der Waals surface area contributed by atoms with Gasteiger partial charge in [0, 0.05) is 51.0 Å². The van der Waals surface area contributed by atoms with Crippen molar-refractivity contribution in [3.8, 4) is 0 Å². The molecule has 3 heterocycles. The first-order chi connectivity index (χ1) is 13.7. The molecule has 28 heavy (non-hydrogen) atoms. The highest BCUT2D eigenvalue weighted by molar-refractivity contribution is 7.99. The number of carbonyl (C=O) groups is 2. The van der Waals surface area contributed by atoms with Crippen molar-refractivity contribution in [2.75, 3.05) is 31.6 Å². The number of pyridine rings is 1. The lowest BCUT2D eigenvalue weighted by Crippen LogP contribution is -2.30. The van der Waals surface area contributed by atoms with E-state index in [1.165, 1.54) is 0 Å². The number of thioether (sulfide) groups is 1. The molecule has 1 aliphatic heterocycles. The molecule has 0 aromatic carbocycles. The molecule has 0 saturated carbocycles. The van der Waals surface area contributed by atoms with Crippen LogP contribution in [0, 0.1) is 5.92 Å². The van der Waals surface area contributed by atoms with Gasteiger partial charge in [0.2, 0.25) is 5.91 Å². The minimum atomic E-state index is -0.0943. The lowest BCUT2D eigenvalue weighted by molar-refractivity contribution is -0.127. The predicted molar refractivity (Wildman–Crippen MR) is 110 cm³/mol. The van der Waals surface area contributed by atoms with Gasteiger partial charge in [-0.05, 0) is 43.1 Å². The highest BCUT2D eigenvalue weighted by Crippen LogP contribution is 2.21. The third-order valence-corrected chi connectivity index (χ3v) is 5.46. The maximum absolute atomic E-state index is 12.4. The van der Waals surface area contributed by atoms with Gasteiger partial charge in [0.1, 0.15) is 0 Å². The Kier molecular flexibility index (Phi) is 7.47. The maximum Gasteiger partial charge on any atom is 0.252 e. The number of nitrogens with one attached hydrogen (secondary N) is 1. The van der Waals surface area contributed by atoms with Gasteiger partial charge in [0.05, 0.1) is 17.6 Å². The van der Waals surface area contributed by atoms with Crippen LogP contribution in [0.15, 0.2) is 37.2 Å². The fraction of sp³-hybridized carbons (Fsp3) is 0.500. The molecule has 0 radical (unpaired) electrons. The number of aryl methyl sites for hydroxylation is 1. The fourth-order valence-electron chi connectivity index (χ4n) is 3.48. The number of nitrogens with zero attached hydrogens (tertiary/aromatic N) is 4. The van der Waals surface area contributed by atoms with Crippen molar-refractivity contribution in [1.82, 2.24) is 24.8 Å². The summed E-state index contributed by atoms with van der Waals surface area (Å²) < 4.78 is 1.99. The number of rotatable bonds is 9. The Balaban J connectivity index is 1.45. The molecule has 0 spiro atoms. The third kappa shape index (κ3) is 5.82. The first-order valence-electron chi connectivity index (χ1n) is 9.60. The number of amides is 2. The van der Waals surface area contributed by atoms with E-state index in [4.69, 9.17) is 0 Å². The quantitative estimate of drug-likeness (QED) is 0.649. The van der Waals surface area contributed by atoms with Crippen molar-refractivity contribution < 1.29 is 9.59 Å². The lowest BCUT2D eigenvalue weighted by atomic mass is 9.99. The van der Waals surface area contributed by atoms with Gasteiger partial charge in [-0.2, -0.15) is 11.8 Å². The van der Waals surface area contributed by atoms with Crippen LogP contribution in [0.25, 0.3) is 0 Å². The van der Waals surface area contributed by atoms with Crippen LogP contribution < -0.4 is 5.32 Å². The monoisotopic (exact) mass is 401 g/mol. The van der Waals surface area contributed by atoms with Crippen molar-refractivity contribution in [1.29, 1.82) is 0 Å². The van der Waals surface area contributed by atoms with E-state index in [1.54, 1.807) is 30.5 Å². The van der Waals surface area contributed by atoms with Gasteiger partial charge in [-0.3, -0.25) is 14.6 Å². The van der Waals surface area contributed by atoms with Crippen LogP contribution in [0.5, 0.6) is 0 Å². The number of imidazole rings is 1. The second-order valence-corrected chi connectivity index (χ2v) is 7.99. The van der Waals surface area contributed by atoms with E-state index >= 15 is 0 Å². The Morgan fingerprint density at radius 3 is 3.00 bits per heavy atom. The van der Waals surface area contributed by atoms with Crippen LogP contribution in [-0.2, 0) is 17.8 Å². The number of aromatic nitrogens is 3. The SMILES string of the molecule is CSCC(=O)N1CCC(Cc2cncc(C(=O)NCCCn3ccnc3)c2)C1. The maximum atomic E-state index is 12.4. The first-order valence-corrected chi connectivity index (χ1v) is 11.0. The molecule has 1 fully saturated rings. The Morgan fingerprint density at radius 1 is 1.32 bits per heavy atom. The number of carbonyl (C=O) groups excluding carboxylic acids is 2. The van der Waals surface area contributed by atoms with Crippen molar-refractivity contribution in [2.45, 2.75) is 25.8 Å². The molecule has 8 heteroatoms. The van der Waals surface area contributed by atoms with Crippen LogP contribution >= 0.6 is 11.8 Å². The topological polar surface area (TPSA) is 80.1 Å². The molecule has 1 saturated heterocycles. The van der Waals surface area contributed by atoms with Crippen LogP contribution in [0.1, 0.15) is 28.8 Å². The van der Waals surface area contributed by atoms with E-state index in [-0.39, 0.29) is 11.8 Å². The summed E-state index contributed by atoms with van der Waals surface area (Å²) in [6.45, 7) is 3.06. The minimum Gasteiger partial charge on any atom is -0.352 e. The molecule has 1 unspecified atom stereocenters. The molecule has 0 bridgehead atoms. The Labute approximate surface area is 169 Å². The molecule has 1 aliphatic rings. The van der Waals surface area contributed by atoms with E-state index in [0.717, 1.165) is 44.5 Å². The van der Waals surface area contributed by atoms with Gasteiger partial charge in [0.15, 0.2) is 0 Å².